The maximum atomic E-state index is 13.9. The van der Waals surface area contributed by atoms with E-state index < -0.39 is 15.8 Å². The molecule has 1 aromatic rings. The zero-order chi connectivity index (χ0) is 15.9. The lowest BCUT2D eigenvalue weighted by molar-refractivity contribution is 0.305. The zero-order valence-electron chi connectivity index (χ0n) is 12.2. The maximum absolute atomic E-state index is 13.9. The number of nitrogens with one attached hydrogen (secondary N) is 1. The van der Waals surface area contributed by atoms with Crippen LogP contribution in [0.3, 0.4) is 0 Å². The molecule has 2 N–H and O–H groups in total. The Morgan fingerprint density at radius 3 is 2.52 bits per heavy atom. The molecular weight excluding hydrogens is 293 g/mol. The first-order chi connectivity index (χ1) is 9.94. The van der Waals surface area contributed by atoms with Gasteiger partial charge in [0.15, 0.2) is 0 Å². The van der Waals surface area contributed by atoms with Crippen molar-refractivity contribution in [2.45, 2.75) is 44.0 Å². The monoisotopic (exact) mass is 313 g/mol. The molecule has 116 valence electrons. The first-order valence-electron chi connectivity index (χ1n) is 6.86. The van der Waals surface area contributed by atoms with Gasteiger partial charge in [-0.2, -0.15) is 0 Å². The Bertz CT molecular complexity index is 628. The number of hydrogen-bond donors (Lipinski definition) is 2. The van der Waals surface area contributed by atoms with Gasteiger partial charge in [-0.3, -0.25) is 0 Å². The van der Waals surface area contributed by atoms with Crippen LogP contribution in [0.5, 0.6) is 0 Å². The van der Waals surface area contributed by atoms with Crippen LogP contribution < -0.4 is 4.72 Å². The largest absolute Gasteiger partial charge is 0.395 e. The Morgan fingerprint density at radius 2 is 2.00 bits per heavy atom. The summed E-state index contributed by atoms with van der Waals surface area (Å²) in [4.78, 5) is -0.111. The molecule has 0 saturated heterocycles. The number of halogens is 1. The molecule has 1 aromatic carbocycles. The number of rotatable bonds is 6. The van der Waals surface area contributed by atoms with Crippen molar-refractivity contribution in [3.8, 4) is 11.8 Å². The second-order valence-corrected chi connectivity index (χ2v) is 6.27. The Hall–Kier alpha value is -1.42. The molecule has 0 aromatic heterocycles. The van der Waals surface area contributed by atoms with Crippen molar-refractivity contribution >= 4 is 10.0 Å². The van der Waals surface area contributed by atoms with Gasteiger partial charge in [0.2, 0.25) is 10.0 Å². The van der Waals surface area contributed by atoms with E-state index in [4.69, 9.17) is 5.11 Å². The van der Waals surface area contributed by atoms with Gasteiger partial charge in [-0.15, -0.1) is 0 Å². The second-order valence-electron chi connectivity index (χ2n) is 4.55. The molecule has 0 radical (unpaired) electrons. The lowest BCUT2D eigenvalue weighted by atomic mass is 10.2. The third kappa shape index (κ3) is 5.12. The van der Waals surface area contributed by atoms with Gasteiger partial charge in [-0.25, -0.2) is 17.5 Å². The summed E-state index contributed by atoms with van der Waals surface area (Å²) in [5.41, 5.74) is 0.116. The molecule has 0 amide bonds. The molecule has 0 saturated carbocycles. The van der Waals surface area contributed by atoms with Gasteiger partial charge in [0.05, 0.1) is 17.1 Å². The summed E-state index contributed by atoms with van der Waals surface area (Å²) >= 11 is 0. The molecule has 0 aliphatic rings. The predicted octanol–water partition coefficient (Wildman–Crippen LogP) is 2.03. The fourth-order valence-electron chi connectivity index (χ4n) is 1.72. The summed E-state index contributed by atoms with van der Waals surface area (Å²) in [7, 11) is -3.73. The van der Waals surface area contributed by atoms with Crippen molar-refractivity contribution in [3.05, 3.63) is 29.6 Å². The predicted molar refractivity (Wildman–Crippen MR) is 79.7 cm³/mol. The van der Waals surface area contributed by atoms with Crippen molar-refractivity contribution in [1.29, 1.82) is 0 Å². The summed E-state index contributed by atoms with van der Waals surface area (Å²) in [6, 6.07) is 3.47. The lowest BCUT2D eigenvalue weighted by Gasteiger charge is -2.15. The Kier molecular flexibility index (Phi) is 6.82. The summed E-state index contributed by atoms with van der Waals surface area (Å²) in [6.07, 6.45) is 1.58. The van der Waals surface area contributed by atoms with Gasteiger partial charge < -0.3 is 5.11 Å². The standard InChI is InChI=1S/C15H20FNO3S/c1-3-13(4-2)17-21(19,20)14-9-8-12(15(16)11-14)7-5-6-10-18/h8-9,11,13,17-18H,3-4,6,10H2,1-2H3. The SMILES string of the molecule is CCC(CC)NS(=O)(=O)c1ccc(C#CCCO)c(F)c1. The average Bonchev–Trinajstić information content (AvgIpc) is 2.46. The summed E-state index contributed by atoms with van der Waals surface area (Å²) in [6.45, 7) is 3.68. The van der Waals surface area contributed by atoms with Gasteiger partial charge >= 0.3 is 0 Å². The zero-order valence-corrected chi connectivity index (χ0v) is 13.0. The third-order valence-corrected chi connectivity index (χ3v) is 4.54. The molecule has 0 aliphatic heterocycles. The van der Waals surface area contributed by atoms with Crippen LogP contribution in [-0.2, 0) is 10.0 Å². The molecule has 21 heavy (non-hydrogen) atoms. The van der Waals surface area contributed by atoms with Crippen molar-refractivity contribution < 1.29 is 17.9 Å². The summed E-state index contributed by atoms with van der Waals surface area (Å²) < 4.78 is 40.7. The van der Waals surface area contributed by atoms with E-state index in [1.165, 1.54) is 12.1 Å². The number of sulfonamides is 1. The van der Waals surface area contributed by atoms with E-state index in [0.29, 0.717) is 12.8 Å². The molecule has 6 heteroatoms. The van der Waals surface area contributed by atoms with Crippen LogP contribution in [-0.4, -0.2) is 26.2 Å². The normalized spacial score (nSPS) is 11.3. The fourth-order valence-corrected chi connectivity index (χ4v) is 3.13. The van der Waals surface area contributed by atoms with Crippen LogP contribution in [0.4, 0.5) is 4.39 Å². The van der Waals surface area contributed by atoms with Crippen LogP contribution in [0, 0.1) is 17.7 Å². The van der Waals surface area contributed by atoms with Gasteiger partial charge in [0.1, 0.15) is 5.82 Å². The van der Waals surface area contributed by atoms with Gasteiger partial charge in [-0.1, -0.05) is 25.7 Å². The minimum atomic E-state index is -3.73. The molecule has 0 aliphatic carbocycles. The van der Waals surface area contributed by atoms with Crippen LogP contribution in [0.15, 0.2) is 23.1 Å². The number of aliphatic hydroxyl groups is 1. The molecule has 0 spiro atoms. The van der Waals surface area contributed by atoms with Crippen molar-refractivity contribution in [3.63, 3.8) is 0 Å². The van der Waals surface area contributed by atoms with Gasteiger partial charge in [0.25, 0.3) is 0 Å². The molecule has 0 heterocycles. The van der Waals surface area contributed by atoms with Gasteiger partial charge in [0, 0.05) is 12.5 Å². The number of hydrogen-bond acceptors (Lipinski definition) is 3. The van der Waals surface area contributed by atoms with E-state index in [1.54, 1.807) is 0 Å². The highest BCUT2D eigenvalue weighted by molar-refractivity contribution is 7.89. The minimum Gasteiger partial charge on any atom is -0.395 e. The van der Waals surface area contributed by atoms with E-state index in [2.05, 4.69) is 16.6 Å². The Morgan fingerprint density at radius 1 is 1.33 bits per heavy atom. The van der Waals surface area contributed by atoms with Crippen molar-refractivity contribution in [2.24, 2.45) is 0 Å². The van der Waals surface area contributed by atoms with E-state index in [1.807, 2.05) is 13.8 Å². The van der Waals surface area contributed by atoms with E-state index in [0.717, 1.165) is 6.07 Å². The smallest absolute Gasteiger partial charge is 0.240 e. The van der Waals surface area contributed by atoms with E-state index in [9.17, 15) is 12.8 Å². The lowest BCUT2D eigenvalue weighted by Crippen LogP contribution is -2.33. The summed E-state index contributed by atoms with van der Waals surface area (Å²) in [5.74, 6) is 4.46. The first-order valence-corrected chi connectivity index (χ1v) is 8.34. The van der Waals surface area contributed by atoms with E-state index in [-0.39, 0.29) is 29.5 Å². The minimum absolute atomic E-state index is 0.0968. The molecule has 0 atom stereocenters. The topological polar surface area (TPSA) is 66.4 Å². The molecule has 0 unspecified atom stereocenters. The highest BCUT2D eigenvalue weighted by Crippen LogP contribution is 2.15. The molecule has 4 nitrogen and oxygen atoms in total. The third-order valence-electron chi connectivity index (χ3n) is 3.02. The molecular formula is C15H20FNO3S. The molecule has 0 bridgehead atoms. The van der Waals surface area contributed by atoms with Crippen LogP contribution >= 0.6 is 0 Å². The molecule has 0 fully saturated rings. The van der Waals surface area contributed by atoms with Crippen molar-refractivity contribution in [2.75, 3.05) is 6.61 Å². The second kappa shape index (κ2) is 8.13. The maximum Gasteiger partial charge on any atom is 0.240 e. The number of aliphatic hydroxyl groups excluding tert-OH is 1. The van der Waals surface area contributed by atoms with Crippen LogP contribution in [0.2, 0.25) is 0 Å². The van der Waals surface area contributed by atoms with Crippen molar-refractivity contribution in [1.82, 2.24) is 4.72 Å². The van der Waals surface area contributed by atoms with E-state index >= 15 is 0 Å². The molecule has 1 rings (SSSR count). The Balaban J connectivity index is 3.00. The average molecular weight is 313 g/mol. The van der Waals surface area contributed by atoms with Crippen LogP contribution in [0.25, 0.3) is 0 Å². The highest BCUT2D eigenvalue weighted by atomic mass is 32.2. The first kappa shape index (κ1) is 17.6. The van der Waals surface area contributed by atoms with Crippen LogP contribution in [0.1, 0.15) is 38.7 Å². The number of benzene rings is 1. The van der Waals surface area contributed by atoms with Gasteiger partial charge in [-0.05, 0) is 31.0 Å². The fraction of sp³-hybridized carbons (Fsp3) is 0.467. The summed E-state index contributed by atoms with van der Waals surface area (Å²) in [5, 5.41) is 8.61. The quantitative estimate of drug-likeness (QED) is 0.790. The Labute approximate surface area is 125 Å². The highest BCUT2D eigenvalue weighted by Gasteiger charge is 2.19.